The van der Waals surface area contributed by atoms with Crippen molar-refractivity contribution in [3.63, 3.8) is 0 Å². The number of fused-ring (bicyclic) bond motifs is 7. The van der Waals surface area contributed by atoms with Gasteiger partial charge in [0.1, 0.15) is 11.2 Å². The molecule has 0 saturated carbocycles. The third-order valence-electron chi connectivity index (χ3n) is 9.49. The zero-order chi connectivity index (χ0) is 32.3. The van der Waals surface area contributed by atoms with E-state index in [0.717, 1.165) is 60.5 Å². The number of benzene rings is 8. The van der Waals surface area contributed by atoms with Crippen LogP contribution in [-0.2, 0) is 0 Å². The summed E-state index contributed by atoms with van der Waals surface area (Å²) in [4.78, 5) is 15.3. The average Bonchev–Trinajstić information content (AvgIpc) is 3.54. The first-order chi connectivity index (χ1) is 24.3. The lowest BCUT2D eigenvalue weighted by Gasteiger charge is -2.13. The Kier molecular flexibility index (Phi) is 6.15. The van der Waals surface area contributed by atoms with E-state index in [1.54, 1.807) is 0 Å². The van der Waals surface area contributed by atoms with Gasteiger partial charge in [-0.3, -0.25) is 0 Å². The Bertz CT molecular complexity index is 2890. The Balaban J connectivity index is 1.21. The van der Waals surface area contributed by atoms with E-state index in [4.69, 9.17) is 19.4 Å². The average molecular weight is 626 g/mol. The maximum absolute atomic E-state index is 6.53. The summed E-state index contributed by atoms with van der Waals surface area (Å²) in [7, 11) is 0. The molecule has 10 rings (SSSR count). The molecule has 0 saturated heterocycles. The number of furan rings is 1. The van der Waals surface area contributed by atoms with E-state index in [2.05, 4.69) is 127 Å². The minimum Gasteiger partial charge on any atom is -0.456 e. The molecule has 49 heavy (non-hydrogen) atoms. The minimum absolute atomic E-state index is 0.619. The quantitative estimate of drug-likeness (QED) is 0.183. The van der Waals surface area contributed by atoms with Gasteiger partial charge in [0.05, 0.1) is 0 Å². The Morgan fingerprint density at radius 1 is 0.327 bits per heavy atom. The molecule has 4 heteroatoms. The van der Waals surface area contributed by atoms with E-state index >= 15 is 0 Å². The number of hydrogen-bond donors (Lipinski definition) is 0. The first kappa shape index (κ1) is 27.5. The zero-order valence-electron chi connectivity index (χ0n) is 26.3. The topological polar surface area (TPSA) is 51.8 Å². The molecule has 0 radical (unpaired) electrons. The van der Waals surface area contributed by atoms with Crippen molar-refractivity contribution in [3.8, 4) is 45.3 Å². The Hall–Kier alpha value is -6.65. The lowest BCUT2D eigenvalue weighted by molar-refractivity contribution is 0.669. The van der Waals surface area contributed by atoms with Crippen molar-refractivity contribution < 1.29 is 4.42 Å². The summed E-state index contributed by atoms with van der Waals surface area (Å²) in [5.41, 5.74) is 6.63. The summed E-state index contributed by atoms with van der Waals surface area (Å²) in [5.74, 6) is 1.89. The molecule has 0 bridgehead atoms. The van der Waals surface area contributed by atoms with E-state index in [9.17, 15) is 0 Å². The van der Waals surface area contributed by atoms with Gasteiger partial charge < -0.3 is 4.42 Å². The van der Waals surface area contributed by atoms with Crippen LogP contribution in [0.5, 0.6) is 0 Å². The van der Waals surface area contributed by atoms with Crippen molar-refractivity contribution >= 4 is 54.3 Å². The van der Waals surface area contributed by atoms with Crippen LogP contribution < -0.4 is 0 Å². The number of aromatic nitrogens is 3. The molecule has 2 heterocycles. The van der Waals surface area contributed by atoms with Crippen LogP contribution in [0.4, 0.5) is 0 Å². The zero-order valence-corrected chi connectivity index (χ0v) is 26.3. The molecule has 0 unspecified atom stereocenters. The predicted molar refractivity (Wildman–Crippen MR) is 201 cm³/mol. The Morgan fingerprint density at radius 2 is 0.980 bits per heavy atom. The minimum atomic E-state index is 0.619. The smallest absolute Gasteiger partial charge is 0.164 e. The van der Waals surface area contributed by atoms with Crippen LogP contribution in [-0.4, -0.2) is 15.0 Å². The molecule has 2 aromatic heterocycles. The molecule has 228 valence electrons. The first-order valence-corrected chi connectivity index (χ1v) is 16.4. The second-order valence-corrected chi connectivity index (χ2v) is 12.4. The first-order valence-electron chi connectivity index (χ1n) is 16.4. The molecule has 0 spiro atoms. The van der Waals surface area contributed by atoms with Crippen LogP contribution in [0.3, 0.4) is 0 Å². The van der Waals surface area contributed by atoms with Crippen LogP contribution in [0.1, 0.15) is 0 Å². The molecule has 0 aliphatic rings. The van der Waals surface area contributed by atoms with Gasteiger partial charge in [0.2, 0.25) is 0 Å². The van der Waals surface area contributed by atoms with Crippen molar-refractivity contribution in [2.24, 2.45) is 0 Å². The Labute approximate surface area is 282 Å². The van der Waals surface area contributed by atoms with Crippen LogP contribution in [0.25, 0.3) is 99.5 Å². The third-order valence-corrected chi connectivity index (χ3v) is 9.49. The fourth-order valence-electron chi connectivity index (χ4n) is 7.13. The lowest BCUT2D eigenvalue weighted by Crippen LogP contribution is -2.01. The largest absolute Gasteiger partial charge is 0.456 e. The molecule has 8 aromatic carbocycles. The summed E-state index contributed by atoms with van der Waals surface area (Å²) in [6.45, 7) is 0. The van der Waals surface area contributed by atoms with E-state index in [0.29, 0.717) is 17.5 Å². The second-order valence-electron chi connectivity index (χ2n) is 12.4. The summed E-state index contributed by atoms with van der Waals surface area (Å²) >= 11 is 0. The molecule has 0 amide bonds. The highest BCUT2D eigenvalue weighted by atomic mass is 16.3. The molecule has 0 N–H and O–H groups in total. The van der Waals surface area contributed by atoms with Crippen molar-refractivity contribution in [2.45, 2.75) is 0 Å². The number of hydrogen-bond acceptors (Lipinski definition) is 4. The predicted octanol–water partition coefficient (Wildman–Crippen LogP) is 11.9. The summed E-state index contributed by atoms with van der Waals surface area (Å²) in [6.07, 6.45) is 0. The van der Waals surface area contributed by atoms with Gasteiger partial charge in [-0.2, -0.15) is 0 Å². The van der Waals surface area contributed by atoms with Crippen molar-refractivity contribution in [1.29, 1.82) is 0 Å². The van der Waals surface area contributed by atoms with Gasteiger partial charge >= 0.3 is 0 Å². The second kappa shape index (κ2) is 11.0. The molecule has 0 aliphatic carbocycles. The van der Waals surface area contributed by atoms with Gasteiger partial charge in [-0.25, -0.2) is 15.0 Å². The molecule has 0 fully saturated rings. The molecule has 4 nitrogen and oxygen atoms in total. The number of nitrogens with zero attached hydrogens (tertiary/aromatic N) is 3. The van der Waals surface area contributed by atoms with Crippen LogP contribution in [0.2, 0.25) is 0 Å². The monoisotopic (exact) mass is 625 g/mol. The molecule has 0 aliphatic heterocycles. The van der Waals surface area contributed by atoms with Crippen LogP contribution >= 0.6 is 0 Å². The summed E-state index contributed by atoms with van der Waals surface area (Å²) in [6, 6.07) is 56.9. The van der Waals surface area contributed by atoms with Crippen molar-refractivity contribution in [2.75, 3.05) is 0 Å². The molecular weight excluding hydrogens is 599 g/mol. The third kappa shape index (κ3) is 4.57. The maximum Gasteiger partial charge on any atom is 0.164 e. The van der Waals surface area contributed by atoms with E-state index < -0.39 is 0 Å². The van der Waals surface area contributed by atoms with Crippen molar-refractivity contribution in [1.82, 2.24) is 15.0 Å². The van der Waals surface area contributed by atoms with E-state index in [1.807, 2.05) is 36.4 Å². The van der Waals surface area contributed by atoms with Crippen molar-refractivity contribution in [3.05, 3.63) is 164 Å². The van der Waals surface area contributed by atoms with Gasteiger partial charge in [-0.15, -0.1) is 0 Å². The van der Waals surface area contributed by atoms with Crippen LogP contribution in [0.15, 0.2) is 168 Å². The maximum atomic E-state index is 6.53. The highest BCUT2D eigenvalue weighted by Gasteiger charge is 2.19. The molecule has 10 aromatic rings. The Morgan fingerprint density at radius 3 is 1.86 bits per heavy atom. The lowest BCUT2D eigenvalue weighted by atomic mass is 9.93. The fourth-order valence-corrected chi connectivity index (χ4v) is 7.13. The highest BCUT2D eigenvalue weighted by Crippen LogP contribution is 2.42. The molecular formula is C45H27N3O. The van der Waals surface area contributed by atoms with E-state index in [-0.39, 0.29) is 0 Å². The highest BCUT2D eigenvalue weighted by molar-refractivity contribution is 6.19. The normalized spacial score (nSPS) is 11.7. The number of rotatable bonds is 4. The molecule has 0 atom stereocenters. The van der Waals surface area contributed by atoms with Crippen LogP contribution in [0, 0.1) is 0 Å². The summed E-state index contributed by atoms with van der Waals surface area (Å²) in [5, 5.41) is 9.30. The van der Waals surface area contributed by atoms with Gasteiger partial charge in [0, 0.05) is 27.5 Å². The SMILES string of the molecule is c1ccc(-c2nc(-c3ccc4ccccc4c3)nc(-c3ccccc3-c3cccc4oc5cc6ccc7ccccc7c6cc5c34)n2)cc1. The standard InChI is InChI=1S/C45H27N3O/c1-2-13-30(14-3-1)43-46-44(33-24-21-28-11-4-5-15-31(28)25-33)48-45(47-43)37-18-9-8-17-35(37)36-19-10-20-40-42(36)39-27-38-32(26-41(39)49-40)23-22-29-12-6-7-16-34(29)38/h1-27H. The van der Waals surface area contributed by atoms with Gasteiger partial charge in [0.25, 0.3) is 0 Å². The van der Waals surface area contributed by atoms with E-state index in [1.165, 1.54) is 21.5 Å². The van der Waals surface area contributed by atoms with Gasteiger partial charge in [-0.05, 0) is 67.7 Å². The van der Waals surface area contributed by atoms with Gasteiger partial charge in [0.15, 0.2) is 17.5 Å². The fraction of sp³-hybridized carbons (Fsp3) is 0. The summed E-state index contributed by atoms with van der Waals surface area (Å²) < 4.78 is 6.53. The van der Waals surface area contributed by atoms with Gasteiger partial charge in [-0.1, -0.05) is 140 Å².